The van der Waals surface area contributed by atoms with Gasteiger partial charge < -0.3 is 14.2 Å². The molecule has 3 aromatic rings. The van der Waals surface area contributed by atoms with Gasteiger partial charge in [0.2, 0.25) is 0 Å². The van der Waals surface area contributed by atoms with Crippen molar-refractivity contribution in [2.45, 2.75) is 13.2 Å². The molecule has 0 spiro atoms. The fraction of sp³-hybridized carbons (Fsp3) is 0.190. The minimum Gasteiger partial charge on any atom is -0.486 e. The van der Waals surface area contributed by atoms with E-state index in [4.69, 9.17) is 14.2 Å². The van der Waals surface area contributed by atoms with Crippen LogP contribution in [0.4, 0.5) is 0 Å². The predicted molar refractivity (Wildman–Crippen MR) is 109 cm³/mol. The van der Waals surface area contributed by atoms with E-state index in [0.717, 1.165) is 20.3 Å². The Kier molecular flexibility index (Phi) is 5.62. The van der Waals surface area contributed by atoms with E-state index in [1.54, 1.807) is 18.2 Å². The fourth-order valence-electron chi connectivity index (χ4n) is 2.87. The zero-order chi connectivity index (χ0) is 20.2. The highest BCUT2D eigenvalue weighted by atomic mass is 79.9. The molecule has 0 N–H and O–H groups in total. The molecule has 2 aromatic carbocycles. The predicted octanol–water partition coefficient (Wildman–Crippen LogP) is 3.19. The fourth-order valence-corrected chi connectivity index (χ4v) is 3.30. The van der Waals surface area contributed by atoms with Crippen molar-refractivity contribution in [1.29, 1.82) is 0 Å². The van der Waals surface area contributed by atoms with Gasteiger partial charge in [-0.15, -0.1) is 0 Å². The maximum Gasteiger partial charge on any atom is 0.328 e. The summed E-state index contributed by atoms with van der Waals surface area (Å²) >= 11 is 3.44. The number of benzene rings is 2. The number of hydrogen-bond acceptors (Lipinski definition) is 6. The van der Waals surface area contributed by atoms with Crippen LogP contribution in [-0.4, -0.2) is 29.0 Å². The Labute approximate surface area is 175 Å². The smallest absolute Gasteiger partial charge is 0.328 e. The van der Waals surface area contributed by atoms with Crippen molar-refractivity contribution in [2.24, 2.45) is 0 Å². The third kappa shape index (κ3) is 4.48. The summed E-state index contributed by atoms with van der Waals surface area (Å²) in [6, 6.07) is 16.0. The molecule has 0 atom stereocenters. The molecule has 2 heterocycles. The van der Waals surface area contributed by atoms with Gasteiger partial charge in [-0.1, -0.05) is 46.3 Å². The summed E-state index contributed by atoms with van der Waals surface area (Å²) in [5.41, 5.74) is 1.82. The first-order chi connectivity index (χ1) is 14.1. The van der Waals surface area contributed by atoms with Crippen LogP contribution in [0.25, 0.3) is 11.3 Å². The van der Waals surface area contributed by atoms with Crippen LogP contribution in [0.3, 0.4) is 0 Å². The second kappa shape index (κ2) is 8.48. The summed E-state index contributed by atoms with van der Waals surface area (Å²) < 4.78 is 18.3. The molecule has 0 fully saturated rings. The highest BCUT2D eigenvalue weighted by molar-refractivity contribution is 9.10. The number of hydrogen-bond donors (Lipinski definition) is 0. The molecule has 148 valence electrons. The number of esters is 1. The number of halogens is 1. The van der Waals surface area contributed by atoms with Crippen molar-refractivity contribution in [1.82, 2.24) is 9.78 Å². The van der Waals surface area contributed by atoms with Gasteiger partial charge in [0.25, 0.3) is 5.56 Å². The Bertz CT molecular complexity index is 1100. The lowest BCUT2D eigenvalue weighted by atomic mass is 10.1. The topological polar surface area (TPSA) is 79.7 Å². The van der Waals surface area contributed by atoms with Gasteiger partial charge in [0.05, 0.1) is 5.69 Å². The SMILES string of the molecule is O=C(Cn1nc(-c2ccccc2)ccc1=O)OCc1cc2c(cc1Br)OCCO2. The number of carbonyl (C=O) groups is 1. The molecule has 0 aliphatic carbocycles. The molecule has 0 saturated carbocycles. The summed E-state index contributed by atoms with van der Waals surface area (Å²) in [6.07, 6.45) is 0. The van der Waals surface area contributed by atoms with Gasteiger partial charge in [-0.2, -0.15) is 5.10 Å². The average molecular weight is 457 g/mol. The van der Waals surface area contributed by atoms with E-state index in [0.29, 0.717) is 30.4 Å². The van der Waals surface area contributed by atoms with Crippen LogP contribution in [-0.2, 0) is 22.7 Å². The van der Waals surface area contributed by atoms with Crippen LogP contribution >= 0.6 is 15.9 Å². The third-order valence-corrected chi connectivity index (χ3v) is 5.05. The van der Waals surface area contributed by atoms with Gasteiger partial charge in [0.15, 0.2) is 11.5 Å². The first kappa shape index (κ1) is 19.2. The summed E-state index contributed by atoms with van der Waals surface area (Å²) in [5, 5.41) is 4.27. The number of carbonyl (C=O) groups excluding carboxylic acids is 1. The van der Waals surface area contributed by atoms with E-state index in [-0.39, 0.29) is 18.7 Å². The minimum atomic E-state index is -0.563. The molecule has 0 unspecified atom stereocenters. The van der Waals surface area contributed by atoms with Crippen molar-refractivity contribution in [3.8, 4) is 22.8 Å². The van der Waals surface area contributed by atoms with E-state index in [1.165, 1.54) is 6.07 Å². The first-order valence-corrected chi connectivity index (χ1v) is 9.77. The maximum atomic E-state index is 12.3. The molecule has 1 aliphatic rings. The first-order valence-electron chi connectivity index (χ1n) is 8.97. The van der Waals surface area contributed by atoms with Crippen LogP contribution in [0.2, 0.25) is 0 Å². The van der Waals surface area contributed by atoms with Gasteiger partial charge in [0.1, 0.15) is 26.4 Å². The number of fused-ring (bicyclic) bond motifs is 1. The highest BCUT2D eigenvalue weighted by Gasteiger charge is 2.16. The molecular weight excluding hydrogens is 440 g/mol. The highest BCUT2D eigenvalue weighted by Crippen LogP contribution is 2.35. The lowest BCUT2D eigenvalue weighted by molar-refractivity contribution is -0.146. The zero-order valence-corrected chi connectivity index (χ0v) is 16.9. The molecule has 4 rings (SSSR count). The van der Waals surface area contributed by atoms with Crippen molar-refractivity contribution in [2.75, 3.05) is 13.2 Å². The molecule has 1 aromatic heterocycles. The number of ether oxygens (including phenoxy) is 3. The van der Waals surface area contributed by atoms with E-state index in [2.05, 4.69) is 21.0 Å². The van der Waals surface area contributed by atoms with Crippen molar-refractivity contribution < 1.29 is 19.0 Å². The van der Waals surface area contributed by atoms with E-state index in [9.17, 15) is 9.59 Å². The zero-order valence-electron chi connectivity index (χ0n) is 15.3. The Morgan fingerprint density at radius 2 is 1.79 bits per heavy atom. The largest absolute Gasteiger partial charge is 0.486 e. The molecular formula is C21H17BrN2O5. The summed E-state index contributed by atoms with van der Waals surface area (Å²) in [6.45, 7) is 0.725. The van der Waals surface area contributed by atoms with Crippen molar-refractivity contribution in [3.63, 3.8) is 0 Å². The quantitative estimate of drug-likeness (QED) is 0.548. The van der Waals surface area contributed by atoms with Crippen molar-refractivity contribution >= 4 is 21.9 Å². The minimum absolute atomic E-state index is 0.0309. The maximum absolute atomic E-state index is 12.3. The molecule has 0 saturated heterocycles. The Morgan fingerprint density at radius 3 is 2.55 bits per heavy atom. The van der Waals surface area contributed by atoms with Gasteiger partial charge in [-0.25, -0.2) is 4.68 Å². The standard InChI is InChI=1S/C21H17BrN2O5/c22-16-11-19-18(27-8-9-28-19)10-15(16)13-29-21(26)12-24-20(25)7-6-17(23-24)14-4-2-1-3-5-14/h1-7,10-11H,8-9,12-13H2. The summed E-state index contributed by atoms with van der Waals surface area (Å²) in [5.74, 6) is 0.692. The Hall–Kier alpha value is -3.13. The van der Waals surface area contributed by atoms with Gasteiger partial charge in [-0.05, 0) is 18.2 Å². The number of rotatable bonds is 5. The second-order valence-corrected chi connectivity index (χ2v) is 7.18. The summed E-state index contributed by atoms with van der Waals surface area (Å²) in [7, 11) is 0. The van der Waals surface area contributed by atoms with E-state index >= 15 is 0 Å². The number of nitrogens with zero attached hydrogens (tertiary/aromatic N) is 2. The third-order valence-electron chi connectivity index (χ3n) is 4.31. The van der Waals surface area contributed by atoms with E-state index < -0.39 is 5.97 Å². The molecule has 29 heavy (non-hydrogen) atoms. The second-order valence-electron chi connectivity index (χ2n) is 6.33. The van der Waals surface area contributed by atoms with Crippen LogP contribution in [0.15, 0.2) is 63.9 Å². The lowest BCUT2D eigenvalue weighted by Gasteiger charge is -2.19. The van der Waals surface area contributed by atoms with Crippen LogP contribution in [0, 0.1) is 0 Å². The molecule has 1 aliphatic heterocycles. The molecule has 0 radical (unpaired) electrons. The van der Waals surface area contributed by atoms with E-state index in [1.807, 2.05) is 30.3 Å². The lowest BCUT2D eigenvalue weighted by Crippen LogP contribution is -2.27. The Balaban J connectivity index is 1.45. The normalized spacial score (nSPS) is 12.4. The van der Waals surface area contributed by atoms with Gasteiger partial charge in [0, 0.05) is 21.7 Å². The monoisotopic (exact) mass is 456 g/mol. The van der Waals surface area contributed by atoms with Gasteiger partial charge in [-0.3, -0.25) is 9.59 Å². The average Bonchev–Trinajstić information content (AvgIpc) is 2.74. The molecule has 0 amide bonds. The van der Waals surface area contributed by atoms with Crippen LogP contribution < -0.4 is 15.0 Å². The van der Waals surface area contributed by atoms with Crippen LogP contribution in [0.5, 0.6) is 11.5 Å². The van der Waals surface area contributed by atoms with Crippen molar-refractivity contribution in [3.05, 3.63) is 75.0 Å². The molecule has 7 nitrogen and oxygen atoms in total. The van der Waals surface area contributed by atoms with Crippen LogP contribution in [0.1, 0.15) is 5.56 Å². The number of aromatic nitrogens is 2. The molecule has 0 bridgehead atoms. The Morgan fingerprint density at radius 1 is 1.07 bits per heavy atom. The summed E-state index contributed by atoms with van der Waals surface area (Å²) in [4.78, 5) is 24.4. The molecule has 8 heteroatoms. The van der Waals surface area contributed by atoms with Gasteiger partial charge >= 0.3 is 5.97 Å².